The molecule has 0 radical (unpaired) electrons. The molecule has 0 saturated heterocycles. The minimum atomic E-state index is -3.95. The molecule has 1 aromatic heterocycles. The Bertz CT molecular complexity index is 1250. The van der Waals surface area contributed by atoms with E-state index >= 15 is 0 Å². The summed E-state index contributed by atoms with van der Waals surface area (Å²) in [4.78, 5) is 26.8. The zero-order chi connectivity index (χ0) is 20.6. The topological polar surface area (TPSA) is 127 Å². The van der Waals surface area contributed by atoms with Crippen LogP contribution in [0.3, 0.4) is 0 Å². The molecule has 0 atom stereocenters. The van der Waals surface area contributed by atoms with Crippen molar-refractivity contribution in [2.45, 2.75) is 4.90 Å². The van der Waals surface area contributed by atoms with Gasteiger partial charge in [0.25, 0.3) is 11.5 Å². The third-order valence-electron chi connectivity index (χ3n) is 4.20. The van der Waals surface area contributed by atoms with Gasteiger partial charge in [0.1, 0.15) is 0 Å². The highest BCUT2D eigenvalue weighted by molar-refractivity contribution is 7.89. The third kappa shape index (κ3) is 3.59. The molecule has 3 N–H and O–H groups in total. The molecule has 28 heavy (non-hydrogen) atoms. The lowest BCUT2D eigenvalue weighted by molar-refractivity contribution is 0.102. The Hall–Kier alpha value is -3.24. The van der Waals surface area contributed by atoms with Crippen molar-refractivity contribution in [2.24, 2.45) is 12.2 Å². The first-order valence-electron chi connectivity index (χ1n) is 8.21. The number of amides is 1. The molecule has 0 bridgehead atoms. The summed E-state index contributed by atoms with van der Waals surface area (Å²) < 4.78 is 24.4. The third-order valence-corrected chi connectivity index (χ3v) is 5.11. The van der Waals surface area contributed by atoms with Gasteiger partial charge < -0.3 is 10.2 Å². The van der Waals surface area contributed by atoms with E-state index in [0.29, 0.717) is 16.5 Å². The molecule has 0 aliphatic carbocycles. The second-order valence-corrected chi connectivity index (χ2v) is 7.96. The predicted molar refractivity (Wildman–Crippen MR) is 107 cm³/mol. The van der Waals surface area contributed by atoms with Crippen molar-refractivity contribution in [2.75, 3.05) is 24.3 Å². The molecule has 10 heteroatoms. The largest absolute Gasteiger partial charge is 0.376 e. The van der Waals surface area contributed by atoms with Crippen molar-refractivity contribution in [3.05, 3.63) is 58.5 Å². The smallest absolute Gasteiger partial charge is 0.276 e. The number of aromatic nitrogens is 2. The normalized spacial score (nSPS) is 11.4. The number of nitrogens with one attached hydrogen (secondary N) is 1. The summed E-state index contributed by atoms with van der Waals surface area (Å²) in [6.07, 6.45) is 0. The number of nitrogens with two attached hydrogens (primary N) is 1. The average Bonchev–Trinajstić information content (AvgIpc) is 2.63. The first kappa shape index (κ1) is 19.5. The number of anilines is 2. The minimum absolute atomic E-state index is 0.0448. The van der Waals surface area contributed by atoms with Gasteiger partial charge in [-0.25, -0.2) is 18.2 Å². The molecule has 0 fully saturated rings. The van der Waals surface area contributed by atoms with Gasteiger partial charge in [-0.15, -0.1) is 0 Å². The fourth-order valence-corrected chi connectivity index (χ4v) is 3.37. The van der Waals surface area contributed by atoms with Crippen molar-refractivity contribution < 1.29 is 13.2 Å². The second kappa shape index (κ2) is 7.06. The van der Waals surface area contributed by atoms with Crippen molar-refractivity contribution in [3.63, 3.8) is 0 Å². The van der Waals surface area contributed by atoms with E-state index in [1.165, 1.54) is 19.2 Å². The summed E-state index contributed by atoms with van der Waals surface area (Å²) >= 11 is 0. The highest BCUT2D eigenvalue weighted by Crippen LogP contribution is 2.28. The van der Waals surface area contributed by atoms with Crippen LogP contribution in [0.25, 0.3) is 10.8 Å². The molecule has 0 saturated carbocycles. The molecule has 0 aliphatic heterocycles. The van der Waals surface area contributed by atoms with Gasteiger partial charge in [0.2, 0.25) is 10.0 Å². The number of sulfonamides is 1. The number of carbonyl (C=O) groups is 1. The van der Waals surface area contributed by atoms with Crippen molar-refractivity contribution in [1.29, 1.82) is 0 Å². The van der Waals surface area contributed by atoms with Crippen LogP contribution in [0.15, 0.2) is 52.2 Å². The second-order valence-electron chi connectivity index (χ2n) is 6.40. The Labute approximate surface area is 161 Å². The summed E-state index contributed by atoms with van der Waals surface area (Å²) in [6, 6.07) is 10.8. The zero-order valence-electron chi connectivity index (χ0n) is 15.5. The number of aryl methyl sites for hydroxylation is 1. The quantitative estimate of drug-likeness (QED) is 0.669. The molecule has 3 rings (SSSR count). The van der Waals surface area contributed by atoms with Crippen LogP contribution in [-0.2, 0) is 17.1 Å². The fraction of sp³-hybridized carbons (Fsp3) is 0.167. The Balaban J connectivity index is 2.13. The Morgan fingerprint density at radius 2 is 1.79 bits per heavy atom. The van der Waals surface area contributed by atoms with Crippen LogP contribution in [0.2, 0.25) is 0 Å². The van der Waals surface area contributed by atoms with Crippen molar-refractivity contribution in [1.82, 2.24) is 9.78 Å². The summed E-state index contributed by atoms with van der Waals surface area (Å²) in [5.74, 6) is -0.582. The lowest BCUT2D eigenvalue weighted by Gasteiger charge is -2.19. The van der Waals surface area contributed by atoms with Gasteiger partial charge in [-0.05, 0) is 24.3 Å². The van der Waals surface area contributed by atoms with Crippen LogP contribution >= 0.6 is 0 Å². The molecule has 0 unspecified atom stereocenters. The van der Waals surface area contributed by atoms with Crippen LogP contribution < -0.4 is 20.9 Å². The molecular weight excluding hydrogens is 382 g/mol. The summed E-state index contributed by atoms with van der Waals surface area (Å²) in [6.45, 7) is 0. The Morgan fingerprint density at radius 1 is 1.14 bits per heavy atom. The molecule has 9 nitrogen and oxygen atoms in total. The van der Waals surface area contributed by atoms with E-state index in [1.807, 2.05) is 0 Å². The van der Waals surface area contributed by atoms with E-state index in [0.717, 1.165) is 4.68 Å². The molecule has 3 aromatic rings. The molecule has 1 heterocycles. The zero-order valence-corrected chi connectivity index (χ0v) is 16.3. The first-order chi connectivity index (χ1) is 13.1. The predicted octanol–water partition coefficient (Wildman–Crippen LogP) is 0.899. The molecule has 0 spiro atoms. The number of benzene rings is 2. The van der Waals surface area contributed by atoms with Gasteiger partial charge >= 0.3 is 0 Å². The van der Waals surface area contributed by atoms with Gasteiger partial charge in [0, 0.05) is 26.5 Å². The van der Waals surface area contributed by atoms with Gasteiger partial charge in [0.15, 0.2) is 5.69 Å². The number of primary sulfonamides is 1. The molecule has 2 aromatic carbocycles. The highest BCUT2D eigenvalue weighted by atomic mass is 32.2. The van der Waals surface area contributed by atoms with Crippen LogP contribution in [0.4, 0.5) is 11.4 Å². The van der Waals surface area contributed by atoms with E-state index in [4.69, 9.17) is 5.14 Å². The van der Waals surface area contributed by atoms with Crippen LogP contribution in [0.1, 0.15) is 10.5 Å². The fourth-order valence-electron chi connectivity index (χ4n) is 2.83. The maximum absolute atomic E-state index is 12.9. The van der Waals surface area contributed by atoms with Gasteiger partial charge in [0.05, 0.1) is 21.7 Å². The standard InChI is InChI=1S/C18H19N5O4S/c1-22(2)15-9-8-11(28(19,26)27)10-14(15)20-17(24)16-12-6-4-5-7-13(12)18(25)23(3)21-16/h4-10H,1-3H3,(H,20,24)(H2,19,26,27). The highest BCUT2D eigenvalue weighted by Gasteiger charge is 2.19. The number of carbonyl (C=O) groups excluding carboxylic acids is 1. The van der Waals surface area contributed by atoms with Crippen LogP contribution in [-0.4, -0.2) is 38.2 Å². The number of rotatable bonds is 4. The maximum atomic E-state index is 12.9. The van der Waals surface area contributed by atoms with E-state index < -0.39 is 15.9 Å². The van der Waals surface area contributed by atoms with E-state index in [2.05, 4.69) is 10.4 Å². The minimum Gasteiger partial charge on any atom is -0.376 e. The molecule has 1 amide bonds. The van der Waals surface area contributed by atoms with Gasteiger partial charge in [-0.2, -0.15) is 5.10 Å². The monoisotopic (exact) mass is 401 g/mol. The maximum Gasteiger partial charge on any atom is 0.276 e. The van der Waals surface area contributed by atoms with Crippen LogP contribution in [0.5, 0.6) is 0 Å². The van der Waals surface area contributed by atoms with E-state index in [-0.39, 0.29) is 21.8 Å². The summed E-state index contributed by atoms with van der Waals surface area (Å²) in [5.41, 5.74) is 0.553. The van der Waals surface area contributed by atoms with E-state index in [1.54, 1.807) is 49.3 Å². The van der Waals surface area contributed by atoms with Crippen molar-refractivity contribution in [3.8, 4) is 0 Å². The summed E-state index contributed by atoms with van der Waals surface area (Å²) in [5, 5.41) is 12.7. The Kier molecular flexibility index (Phi) is 4.92. The molecule has 146 valence electrons. The van der Waals surface area contributed by atoms with Crippen LogP contribution in [0, 0.1) is 0 Å². The lowest BCUT2D eigenvalue weighted by Crippen LogP contribution is -2.26. The Morgan fingerprint density at radius 3 is 2.39 bits per heavy atom. The summed E-state index contributed by atoms with van der Waals surface area (Å²) in [7, 11) is 1.01. The number of hydrogen-bond acceptors (Lipinski definition) is 6. The average molecular weight is 401 g/mol. The number of fused-ring (bicyclic) bond motifs is 1. The molecule has 0 aliphatic rings. The number of nitrogens with zero attached hydrogens (tertiary/aromatic N) is 3. The number of hydrogen-bond donors (Lipinski definition) is 2. The van der Waals surface area contributed by atoms with E-state index in [9.17, 15) is 18.0 Å². The molecular formula is C18H19N5O4S. The first-order valence-corrected chi connectivity index (χ1v) is 9.76. The van der Waals surface area contributed by atoms with Crippen molar-refractivity contribution >= 4 is 38.1 Å². The van der Waals surface area contributed by atoms with Gasteiger partial charge in [-0.1, -0.05) is 18.2 Å². The van der Waals surface area contributed by atoms with Gasteiger partial charge in [-0.3, -0.25) is 9.59 Å². The SMILES string of the molecule is CN(C)c1ccc(S(N)(=O)=O)cc1NC(=O)c1nn(C)c(=O)c2ccccc12. The lowest BCUT2D eigenvalue weighted by atomic mass is 10.1.